The lowest BCUT2D eigenvalue weighted by atomic mass is 10.1. The van der Waals surface area contributed by atoms with E-state index in [1.807, 2.05) is 6.92 Å². The second kappa shape index (κ2) is 7.51. The van der Waals surface area contributed by atoms with Gasteiger partial charge in [-0.2, -0.15) is 0 Å². The Hall–Kier alpha value is -3.46. The van der Waals surface area contributed by atoms with Crippen molar-refractivity contribution in [2.75, 3.05) is 18.3 Å². The maximum Gasteiger partial charge on any atom is 0.270 e. The average molecular weight is 414 g/mol. The number of carbonyl (C=O) groups is 2. The van der Waals surface area contributed by atoms with Crippen molar-refractivity contribution < 1.29 is 28.2 Å². The zero-order chi connectivity index (χ0) is 20.5. The van der Waals surface area contributed by atoms with Crippen LogP contribution in [-0.4, -0.2) is 30.3 Å². The highest BCUT2D eigenvalue weighted by Crippen LogP contribution is 2.39. The maximum atomic E-state index is 13.2. The summed E-state index contributed by atoms with van der Waals surface area (Å²) >= 11 is 5.14. The Labute approximate surface area is 170 Å². The normalized spacial score (nSPS) is 17.0. The minimum absolute atomic E-state index is 0.0763. The number of rotatable bonds is 4. The third kappa shape index (κ3) is 3.52. The summed E-state index contributed by atoms with van der Waals surface area (Å²) in [6.07, 6.45) is 1.41. The van der Waals surface area contributed by atoms with E-state index in [9.17, 15) is 14.0 Å². The van der Waals surface area contributed by atoms with Crippen LogP contribution in [0, 0.1) is 5.82 Å². The minimum Gasteiger partial charge on any atom is -0.493 e. The summed E-state index contributed by atoms with van der Waals surface area (Å²) in [5.41, 5.74) is 0.659. The van der Waals surface area contributed by atoms with E-state index < -0.39 is 17.6 Å². The van der Waals surface area contributed by atoms with Crippen LogP contribution in [0.3, 0.4) is 0 Å². The Morgan fingerprint density at radius 1 is 1.21 bits per heavy atom. The van der Waals surface area contributed by atoms with Crippen LogP contribution in [0.15, 0.2) is 42.0 Å². The molecule has 0 spiro atoms. The first-order chi connectivity index (χ1) is 14.0. The van der Waals surface area contributed by atoms with Crippen LogP contribution < -0.4 is 24.4 Å². The molecule has 0 bridgehead atoms. The Balaban J connectivity index is 1.76. The highest BCUT2D eigenvalue weighted by Gasteiger charge is 2.35. The summed E-state index contributed by atoms with van der Waals surface area (Å²) in [5, 5.41) is 2.40. The van der Waals surface area contributed by atoms with E-state index >= 15 is 0 Å². The fourth-order valence-corrected chi connectivity index (χ4v) is 3.25. The number of halogens is 1. The van der Waals surface area contributed by atoms with Gasteiger partial charge < -0.3 is 14.2 Å². The number of carbonyl (C=O) groups excluding carboxylic acids is 2. The van der Waals surface area contributed by atoms with Gasteiger partial charge in [0.05, 0.1) is 12.3 Å². The Morgan fingerprint density at radius 3 is 2.59 bits per heavy atom. The maximum absolute atomic E-state index is 13.2. The molecule has 1 N–H and O–H groups in total. The van der Waals surface area contributed by atoms with Crippen LogP contribution in [-0.2, 0) is 9.59 Å². The van der Waals surface area contributed by atoms with Gasteiger partial charge in [0.1, 0.15) is 17.1 Å². The topological polar surface area (TPSA) is 77.1 Å². The summed E-state index contributed by atoms with van der Waals surface area (Å²) in [4.78, 5) is 26.7. The molecule has 2 aromatic rings. The first-order valence-electron chi connectivity index (χ1n) is 8.71. The van der Waals surface area contributed by atoms with Gasteiger partial charge in [-0.25, -0.2) is 4.39 Å². The number of ether oxygens (including phenoxy) is 3. The van der Waals surface area contributed by atoms with Crippen molar-refractivity contribution in [3.05, 3.63) is 53.4 Å². The second-order valence-corrected chi connectivity index (χ2v) is 6.50. The van der Waals surface area contributed by atoms with Crippen LogP contribution in [0.5, 0.6) is 17.2 Å². The summed E-state index contributed by atoms with van der Waals surface area (Å²) in [6.45, 7) is 2.27. The van der Waals surface area contributed by atoms with E-state index in [2.05, 4.69) is 5.32 Å². The van der Waals surface area contributed by atoms with Crippen molar-refractivity contribution in [3.8, 4) is 17.2 Å². The van der Waals surface area contributed by atoms with Gasteiger partial charge in [0.15, 0.2) is 16.6 Å². The largest absolute Gasteiger partial charge is 0.493 e. The molecular formula is C20H15FN2O5S. The quantitative estimate of drug-likeness (QED) is 0.471. The molecule has 0 aliphatic carbocycles. The third-order valence-corrected chi connectivity index (χ3v) is 4.58. The Morgan fingerprint density at radius 2 is 1.90 bits per heavy atom. The van der Waals surface area contributed by atoms with E-state index in [4.69, 9.17) is 26.4 Å². The van der Waals surface area contributed by atoms with Crippen LogP contribution in [0.4, 0.5) is 10.1 Å². The molecule has 1 saturated heterocycles. The Kier molecular flexibility index (Phi) is 4.89. The molecule has 2 aliphatic heterocycles. The fourth-order valence-electron chi connectivity index (χ4n) is 2.97. The monoisotopic (exact) mass is 414 g/mol. The molecule has 9 heteroatoms. The summed E-state index contributed by atoms with van der Waals surface area (Å²) in [7, 11) is 0. The number of hydrogen-bond acceptors (Lipinski definition) is 6. The molecule has 0 saturated carbocycles. The number of amides is 2. The van der Waals surface area contributed by atoms with E-state index in [-0.39, 0.29) is 17.5 Å². The molecule has 0 atom stereocenters. The van der Waals surface area contributed by atoms with Crippen molar-refractivity contribution in [2.24, 2.45) is 0 Å². The summed E-state index contributed by atoms with van der Waals surface area (Å²) in [5.74, 6) is -0.292. The molecule has 2 aromatic carbocycles. The molecule has 2 amide bonds. The van der Waals surface area contributed by atoms with Gasteiger partial charge in [-0.3, -0.25) is 19.8 Å². The van der Waals surface area contributed by atoms with Gasteiger partial charge in [0, 0.05) is 11.6 Å². The van der Waals surface area contributed by atoms with Gasteiger partial charge >= 0.3 is 0 Å². The molecule has 0 unspecified atom stereocenters. The number of thiocarbonyl (C=S) groups is 1. The lowest BCUT2D eigenvalue weighted by Gasteiger charge is -2.29. The van der Waals surface area contributed by atoms with Gasteiger partial charge in [-0.15, -0.1) is 0 Å². The lowest BCUT2D eigenvalue weighted by molar-refractivity contribution is -0.122. The first kappa shape index (κ1) is 18.9. The molecular weight excluding hydrogens is 399 g/mol. The highest BCUT2D eigenvalue weighted by atomic mass is 32.1. The van der Waals surface area contributed by atoms with E-state index in [0.29, 0.717) is 35.1 Å². The molecule has 148 valence electrons. The predicted molar refractivity (Wildman–Crippen MR) is 106 cm³/mol. The minimum atomic E-state index is -0.640. The SMILES string of the molecule is CCOc1cc2c(cc1C=C1C(=O)NC(=S)N(c3ccc(F)cc3)C1=O)OCO2. The standard InChI is InChI=1S/C20H15FN2O5S/c1-2-26-15-9-17-16(27-10-28-17)8-11(15)7-14-18(24)22-20(29)23(19(14)25)13-5-3-12(21)4-6-13/h3-9H,2,10H2,1H3,(H,22,24,29). The zero-order valence-corrected chi connectivity index (χ0v) is 16.0. The molecule has 7 nitrogen and oxygen atoms in total. The molecule has 0 aromatic heterocycles. The number of nitrogens with zero attached hydrogens (tertiary/aromatic N) is 1. The number of nitrogens with one attached hydrogen (secondary N) is 1. The molecule has 4 rings (SSSR count). The number of fused-ring (bicyclic) bond motifs is 1. The van der Waals surface area contributed by atoms with Crippen molar-refractivity contribution in [2.45, 2.75) is 6.92 Å². The van der Waals surface area contributed by atoms with Crippen LogP contribution in [0.1, 0.15) is 12.5 Å². The molecule has 1 fully saturated rings. The van der Waals surface area contributed by atoms with Crippen molar-refractivity contribution in [3.63, 3.8) is 0 Å². The Bertz CT molecular complexity index is 1050. The molecule has 2 aliphatic rings. The average Bonchev–Trinajstić information content (AvgIpc) is 3.14. The van der Waals surface area contributed by atoms with Crippen LogP contribution in [0.25, 0.3) is 6.08 Å². The molecule has 2 heterocycles. The lowest BCUT2D eigenvalue weighted by Crippen LogP contribution is -2.54. The van der Waals surface area contributed by atoms with Crippen molar-refractivity contribution in [1.29, 1.82) is 0 Å². The smallest absolute Gasteiger partial charge is 0.270 e. The summed E-state index contributed by atoms with van der Waals surface area (Å²) in [6, 6.07) is 8.50. The first-order valence-corrected chi connectivity index (χ1v) is 9.12. The number of benzene rings is 2. The molecule has 0 radical (unpaired) electrons. The fraction of sp³-hybridized carbons (Fsp3) is 0.150. The highest BCUT2D eigenvalue weighted by molar-refractivity contribution is 7.80. The number of hydrogen-bond donors (Lipinski definition) is 1. The van der Waals surface area contributed by atoms with Gasteiger partial charge in [0.2, 0.25) is 6.79 Å². The van der Waals surface area contributed by atoms with Crippen LogP contribution in [0.2, 0.25) is 0 Å². The van der Waals surface area contributed by atoms with E-state index in [1.165, 1.54) is 30.3 Å². The third-order valence-electron chi connectivity index (χ3n) is 4.29. The van der Waals surface area contributed by atoms with Gasteiger partial charge in [-0.05, 0) is 55.5 Å². The zero-order valence-electron chi connectivity index (χ0n) is 15.2. The van der Waals surface area contributed by atoms with Gasteiger partial charge in [0.25, 0.3) is 11.8 Å². The van der Waals surface area contributed by atoms with E-state index in [0.717, 1.165) is 4.90 Å². The number of anilines is 1. The van der Waals surface area contributed by atoms with Crippen LogP contribution >= 0.6 is 12.2 Å². The van der Waals surface area contributed by atoms with Gasteiger partial charge in [-0.1, -0.05) is 0 Å². The van der Waals surface area contributed by atoms with Crippen molar-refractivity contribution in [1.82, 2.24) is 5.32 Å². The summed E-state index contributed by atoms with van der Waals surface area (Å²) < 4.78 is 29.6. The molecule has 29 heavy (non-hydrogen) atoms. The predicted octanol–water partition coefficient (Wildman–Crippen LogP) is 2.78. The van der Waals surface area contributed by atoms with E-state index in [1.54, 1.807) is 12.1 Å². The van der Waals surface area contributed by atoms with Crippen molar-refractivity contribution >= 4 is 40.9 Å². The second-order valence-electron chi connectivity index (χ2n) is 6.11.